The molecular formula is C108H122Cl7I2N8NaO21Sn. The molecule has 29 nitrogen and oxygen atoms in total. The Labute approximate surface area is 956 Å². The van der Waals surface area contributed by atoms with Gasteiger partial charge in [-0.1, -0.05) is 221 Å². The third-order valence-electron chi connectivity index (χ3n) is 24.9. The Hall–Kier alpha value is -9.13. The van der Waals surface area contributed by atoms with Gasteiger partial charge in [-0.15, -0.1) is 0 Å². The van der Waals surface area contributed by atoms with E-state index in [-0.39, 0.29) is 108 Å². The number of carbonyl (C=O) groups is 10. The minimum Gasteiger partial charge on any atom is -1.00 e. The van der Waals surface area contributed by atoms with Crippen LogP contribution in [0, 0.1) is 20.2 Å². The van der Waals surface area contributed by atoms with Gasteiger partial charge in [0.1, 0.15) is 0 Å². The van der Waals surface area contributed by atoms with Crippen LogP contribution in [0.25, 0.3) is 0 Å². The minimum absolute atomic E-state index is 0. The molecule has 0 spiro atoms. The van der Waals surface area contributed by atoms with Gasteiger partial charge < -0.3 is 67.7 Å². The molecule has 4 amide bonds. The quantitative estimate of drug-likeness (QED) is 0.00253. The fourth-order valence-corrected chi connectivity index (χ4v) is 19.0. The van der Waals surface area contributed by atoms with Crippen LogP contribution in [-0.2, 0) is 90.7 Å². The number of alkyl halides is 2. The third-order valence-corrected chi connectivity index (χ3v) is 27.6. The van der Waals surface area contributed by atoms with E-state index < -0.39 is 67.0 Å². The molecule has 0 bridgehead atoms. The number of benzene rings is 10. The number of nitro groups is 2. The number of halogens is 9. The Balaban J connectivity index is 0.000000359. The fraction of sp³-hybridized carbons (Fsp3) is 0.352. The Morgan fingerprint density at radius 3 is 0.966 bits per heavy atom. The van der Waals surface area contributed by atoms with Crippen LogP contribution in [0.4, 0.5) is 34.1 Å². The molecule has 0 saturated heterocycles. The van der Waals surface area contributed by atoms with Crippen molar-refractivity contribution in [1.82, 2.24) is 5.32 Å². The SMILES string of the molecule is CCOC(C)CN.CCOC(C)CNC(=O)C1(c2ccc(NC(=O)c3cccc(Cl)c3)cc2)CCC1.COC(=O)C1(c2ccc(N)cc2)CCC1.COC(=O)C1(c2ccc(NC(=O)c3cccc(Cl)c3)cc2)CCC1.COC(=O)C1(c2ccc([N+](=O)[O-])cc2)CCC1.COC(=O)Cc1ccc([N+](=O)[O-])cc1.ICCCI.O=C(Cl)c1cccc(Cl)c1.O=C(Nc1ccc(C2(C(=O)O)CCC2)cc1)c1cccc(Cl)c1.[Cl][Sn][Cl].[H-].[Na+]. The predicted octanol–water partition coefficient (Wildman–Crippen LogP) is 21.7. The molecule has 9 N–H and O–H groups in total. The molecule has 2 atom stereocenters. The number of nitro benzene ring substituents is 2. The van der Waals surface area contributed by atoms with Gasteiger partial charge in [0, 0.05) is 125 Å². The van der Waals surface area contributed by atoms with E-state index >= 15 is 0 Å². The average Bonchev–Trinajstić information content (AvgIpc) is 0.763. The van der Waals surface area contributed by atoms with Gasteiger partial charge in [0.05, 0.1) is 84.0 Å². The van der Waals surface area contributed by atoms with Crippen LogP contribution in [-0.4, -0.2) is 168 Å². The average molecular weight is 2510 g/mol. The first kappa shape index (κ1) is 129. The second kappa shape index (κ2) is 66.6. The molecule has 10 aromatic carbocycles. The molecule has 148 heavy (non-hydrogen) atoms. The Kier molecular flexibility index (Phi) is 58.2. The minimum atomic E-state index is -0.826. The number of non-ortho nitro benzene ring substituents is 2. The number of ether oxygens (including phenoxy) is 6. The Morgan fingerprint density at radius 2 is 0.723 bits per heavy atom. The second-order valence-corrected chi connectivity index (χ2v) is 42.7. The summed E-state index contributed by atoms with van der Waals surface area (Å²) in [5, 5.41) is 43.4. The van der Waals surface area contributed by atoms with Crippen LogP contribution >= 0.6 is 121 Å². The number of carbonyl (C=O) groups excluding carboxylic acids is 9. The number of amides is 4. The summed E-state index contributed by atoms with van der Waals surface area (Å²) >= 11 is 32.4. The summed E-state index contributed by atoms with van der Waals surface area (Å²) in [7, 11) is 15.4. The number of nitrogens with zero attached hydrogens (tertiary/aromatic N) is 2. The molecule has 5 fully saturated rings. The summed E-state index contributed by atoms with van der Waals surface area (Å²) in [5.41, 5.74) is 18.0. The number of anilines is 4. The normalized spacial score (nSPS) is 14.4. The van der Waals surface area contributed by atoms with Crippen molar-refractivity contribution < 1.29 is 122 Å². The van der Waals surface area contributed by atoms with E-state index in [4.69, 9.17) is 111 Å². The molecule has 0 aromatic heterocycles. The van der Waals surface area contributed by atoms with Crippen molar-refractivity contribution in [2.45, 2.75) is 176 Å². The van der Waals surface area contributed by atoms with Crippen molar-refractivity contribution in [3.05, 3.63) is 339 Å². The molecule has 5 aliphatic carbocycles. The van der Waals surface area contributed by atoms with Gasteiger partial charge in [-0.3, -0.25) is 68.2 Å². The van der Waals surface area contributed by atoms with Gasteiger partial charge in [-0.2, -0.15) is 0 Å². The Morgan fingerprint density at radius 1 is 0.439 bits per heavy atom. The zero-order chi connectivity index (χ0) is 108. The molecule has 40 heteroatoms. The number of carboxylic acids is 1. The summed E-state index contributed by atoms with van der Waals surface area (Å²) in [4.78, 5) is 138. The molecule has 2 radical (unpaired) electrons. The molecule has 788 valence electrons. The van der Waals surface area contributed by atoms with Crippen LogP contribution in [0.2, 0.25) is 20.1 Å². The zero-order valence-electron chi connectivity index (χ0n) is 84.6. The first-order valence-electron chi connectivity index (χ1n) is 46.9. The third kappa shape index (κ3) is 39.2. The van der Waals surface area contributed by atoms with Gasteiger partial charge in [-0.25, -0.2) is 0 Å². The topological polar surface area (TPSA) is 433 Å². The van der Waals surface area contributed by atoms with Gasteiger partial charge in [0.2, 0.25) is 5.91 Å². The molecule has 10 aromatic rings. The monoisotopic (exact) mass is 2510 g/mol. The van der Waals surface area contributed by atoms with E-state index in [0.29, 0.717) is 97.5 Å². The second-order valence-electron chi connectivity index (χ2n) is 34.3. The van der Waals surface area contributed by atoms with Gasteiger partial charge in [0.15, 0.2) is 0 Å². The van der Waals surface area contributed by atoms with Crippen LogP contribution in [0.1, 0.15) is 207 Å². The smallest absolute Gasteiger partial charge is 1.00 e. The fourth-order valence-electron chi connectivity index (χ4n) is 15.9. The van der Waals surface area contributed by atoms with Crippen LogP contribution in [0.3, 0.4) is 0 Å². The molecule has 5 saturated carbocycles. The summed E-state index contributed by atoms with van der Waals surface area (Å²) in [5.74, 6) is -2.36. The number of esters is 4. The number of nitrogens with one attached hydrogen (secondary N) is 4. The van der Waals surface area contributed by atoms with Crippen molar-refractivity contribution in [2.75, 3.05) is 85.3 Å². The maximum Gasteiger partial charge on any atom is 1.00 e. The van der Waals surface area contributed by atoms with Crippen LogP contribution in [0.15, 0.2) is 243 Å². The molecule has 15 rings (SSSR count). The first-order valence-corrected chi connectivity index (χ1v) is 59.1. The van der Waals surface area contributed by atoms with E-state index in [1.807, 2.05) is 88.4 Å². The number of hydrogen-bond acceptors (Lipinski definition) is 22. The standard InChI is InChI=1S/C23H27ClN2O3.C19H18ClNO3.C18H16ClNO3.C12H13NO4.C12H15NO2.C9H9NO4.C7H4Cl2O.C5H13NO.C3H6I2.2ClH.Na.Sn.H/c1-3-29-16(2)15-25-22(28)23(12-5-13-23)18-8-10-20(11-9-18)26-21(27)17-6-4-7-19(24)14-17;1-24-18(23)19(10-3-11-19)14-6-8-16(9-7-14)21-17(22)13-4-2-5-15(20)12-13;19-14-4-1-3-12(11-14)16(21)20-15-7-5-13(6-8-15)18(17(22)23)9-2-10-18;1-17-11(14)12(7-2-8-12)9-3-5-10(6-4-9)13(15)16;1-15-11(14)12(7-2-8-12)9-3-5-10(13)6-4-9;1-14-9(11)6-7-2-4-8(5-3-7)10(12)13;8-6-3-1-2-5(4-6)7(9)10;1-3-7-5(2)4-6;4-2-1-3-5;;;;;/h4,6-11,14,16H,3,5,12-13,15H2,1-2H3,(H,25,28)(H,26,27);2,4-9,12H,3,10-11H2,1H3,(H,21,22);1,3-8,11H,2,9-10H2,(H,20,21)(H,22,23);3-6H,2,7-8H2,1H3;3-6H,2,7-8,13H2,1H3;2-5H,6H2,1H3;1-4H;5H,3-4,6H2,1-2H3;1-3H2;2*1H;;;/q;;;;;;;;;;;+1;+2;-1/p-2. The number of nitrogens with two attached hydrogens (primary N) is 2. The van der Waals surface area contributed by atoms with Crippen molar-refractivity contribution >= 4 is 233 Å². The van der Waals surface area contributed by atoms with Crippen molar-refractivity contribution in [3.8, 4) is 0 Å². The molecular weight excluding hydrogens is 2390 g/mol. The van der Waals surface area contributed by atoms with Gasteiger partial charge in [0.25, 0.3) is 34.3 Å². The number of hydrogen-bond donors (Lipinski definition) is 7. The number of methoxy groups -OCH3 is 4. The number of carboxylic acid groups (broad SMARTS) is 1. The van der Waals surface area contributed by atoms with Crippen molar-refractivity contribution in [3.63, 3.8) is 0 Å². The summed E-state index contributed by atoms with van der Waals surface area (Å²) in [6, 6.07) is 68.2. The maximum absolute atomic E-state index is 12.9. The van der Waals surface area contributed by atoms with E-state index in [1.54, 1.807) is 140 Å². The molecule has 2 unspecified atom stereocenters. The number of nitrogen functional groups attached to an aromatic ring is 1. The van der Waals surface area contributed by atoms with E-state index in [0.717, 1.165) is 124 Å². The maximum atomic E-state index is 12.9. The van der Waals surface area contributed by atoms with Crippen molar-refractivity contribution in [2.24, 2.45) is 5.73 Å². The van der Waals surface area contributed by atoms with E-state index in [2.05, 4.69) is 71.2 Å². The van der Waals surface area contributed by atoms with E-state index in [9.17, 15) is 73.3 Å². The summed E-state index contributed by atoms with van der Waals surface area (Å²) < 4.78 is 32.3. The van der Waals surface area contributed by atoms with Gasteiger partial charge >= 0.3 is 96.1 Å². The summed E-state index contributed by atoms with van der Waals surface area (Å²) in [6.07, 6.45) is 14.6. The van der Waals surface area contributed by atoms with Gasteiger partial charge in [-0.05, 0) is 265 Å². The van der Waals surface area contributed by atoms with Crippen LogP contribution in [0.5, 0.6) is 0 Å². The predicted molar refractivity (Wildman–Crippen MR) is 598 cm³/mol. The van der Waals surface area contributed by atoms with Crippen molar-refractivity contribution in [1.29, 1.82) is 0 Å². The first-order chi connectivity index (χ1) is 70.2. The largest absolute Gasteiger partial charge is 1.00 e. The number of rotatable bonds is 30. The summed E-state index contributed by atoms with van der Waals surface area (Å²) in [6.45, 7) is 10.3. The Bertz CT molecular complexity index is 5970. The van der Waals surface area contributed by atoms with Crippen LogP contribution < -0.4 is 62.3 Å². The molecule has 0 heterocycles. The molecule has 5 aliphatic rings. The number of aliphatic carboxylic acids is 1. The van der Waals surface area contributed by atoms with E-state index in [1.165, 1.54) is 86.2 Å². The zero-order valence-corrected chi connectivity index (χ0v) is 98.0. The molecule has 0 aliphatic heterocycles.